The Kier molecular flexibility index (Phi) is 4.34. The van der Waals surface area contributed by atoms with Crippen molar-refractivity contribution in [2.75, 3.05) is 0 Å². The minimum absolute atomic E-state index is 0.250. The van der Waals surface area contributed by atoms with E-state index in [4.69, 9.17) is 0 Å². The molecule has 0 aliphatic rings. The highest BCUT2D eigenvalue weighted by atomic mass is 16.3. The largest absolute Gasteiger partial charge is 0.381 e. The van der Waals surface area contributed by atoms with E-state index in [1.165, 1.54) is 11.1 Å². The van der Waals surface area contributed by atoms with Crippen molar-refractivity contribution in [2.24, 2.45) is 0 Å². The molecule has 0 aliphatic heterocycles. The maximum absolute atomic E-state index is 9.91. The number of aliphatic hydroxyl groups is 1. The van der Waals surface area contributed by atoms with Crippen molar-refractivity contribution in [2.45, 2.75) is 26.0 Å². The van der Waals surface area contributed by atoms with Crippen molar-refractivity contribution in [3.05, 3.63) is 71.3 Å². The molecule has 118 valence electrons. The van der Waals surface area contributed by atoms with Gasteiger partial charge in [0.1, 0.15) is 6.10 Å². The first-order valence-corrected chi connectivity index (χ1v) is 7.47. The number of nitrogens with one attached hydrogen (secondary N) is 1. The molecule has 0 radical (unpaired) electrons. The molecule has 6 nitrogen and oxygen atoms in total. The first-order chi connectivity index (χ1) is 11.1. The van der Waals surface area contributed by atoms with E-state index in [-0.39, 0.29) is 11.9 Å². The van der Waals surface area contributed by atoms with Gasteiger partial charge < -0.3 is 9.67 Å². The Hall–Kier alpha value is -2.73. The summed E-state index contributed by atoms with van der Waals surface area (Å²) < 4.78 is 2.14. The van der Waals surface area contributed by atoms with Crippen LogP contribution in [0.3, 0.4) is 0 Å². The summed E-state index contributed by atoms with van der Waals surface area (Å²) in [6.07, 6.45) is 6.70. The summed E-state index contributed by atoms with van der Waals surface area (Å²) in [5, 5.41) is 23.2. The summed E-state index contributed by atoms with van der Waals surface area (Å²) in [6.45, 7) is 4.24. The molecule has 0 amide bonds. The van der Waals surface area contributed by atoms with Gasteiger partial charge in [0.25, 0.3) is 0 Å². The maximum Gasteiger partial charge on any atom is 0.206 e. The smallest absolute Gasteiger partial charge is 0.206 e. The van der Waals surface area contributed by atoms with Gasteiger partial charge >= 0.3 is 0 Å². The SMILES string of the molecule is Cc1ccc(C(C)n2ccc(C=CC(O)c3nn[nH]n3)c2)cc1. The number of rotatable bonds is 5. The summed E-state index contributed by atoms with van der Waals surface area (Å²) in [4.78, 5) is 0. The number of aliphatic hydroxyl groups excluding tert-OH is 1. The van der Waals surface area contributed by atoms with Crippen LogP contribution in [-0.2, 0) is 0 Å². The van der Waals surface area contributed by atoms with E-state index in [9.17, 15) is 5.11 Å². The minimum Gasteiger partial charge on any atom is -0.381 e. The minimum atomic E-state index is -0.869. The summed E-state index contributed by atoms with van der Waals surface area (Å²) in [7, 11) is 0. The molecule has 3 aromatic rings. The topological polar surface area (TPSA) is 79.6 Å². The second-order valence-corrected chi connectivity index (χ2v) is 5.55. The van der Waals surface area contributed by atoms with E-state index in [0.29, 0.717) is 0 Å². The number of tetrazole rings is 1. The van der Waals surface area contributed by atoms with Gasteiger partial charge in [-0.25, -0.2) is 0 Å². The van der Waals surface area contributed by atoms with Crippen molar-refractivity contribution < 1.29 is 5.11 Å². The van der Waals surface area contributed by atoms with Gasteiger partial charge in [-0.3, -0.25) is 0 Å². The van der Waals surface area contributed by atoms with E-state index in [0.717, 1.165) is 5.56 Å². The second kappa shape index (κ2) is 6.58. The summed E-state index contributed by atoms with van der Waals surface area (Å²) in [6, 6.07) is 10.8. The van der Waals surface area contributed by atoms with E-state index in [1.54, 1.807) is 6.08 Å². The fourth-order valence-electron chi connectivity index (χ4n) is 2.37. The van der Waals surface area contributed by atoms with Crippen LogP contribution in [0.5, 0.6) is 0 Å². The molecule has 23 heavy (non-hydrogen) atoms. The highest BCUT2D eigenvalue weighted by Gasteiger charge is 2.09. The second-order valence-electron chi connectivity index (χ2n) is 5.55. The van der Waals surface area contributed by atoms with E-state index in [1.807, 2.05) is 24.5 Å². The van der Waals surface area contributed by atoms with Gasteiger partial charge in [-0.05, 0) is 37.1 Å². The monoisotopic (exact) mass is 309 g/mol. The Bertz CT molecular complexity index is 774. The average molecular weight is 309 g/mol. The number of H-pyrrole nitrogens is 1. The van der Waals surface area contributed by atoms with Crippen molar-refractivity contribution in [3.8, 4) is 0 Å². The van der Waals surface area contributed by atoms with Crippen LogP contribution in [0.1, 0.15) is 41.6 Å². The maximum atomic E-state index is 9.91. The van der Waals surface area contributed by atoms with Crippen LogP contribution in [-0.4, -0.2) is 30.3 Å². The fraction of sp³-hybridized carbons (Fsp3) is 0.235. The third kappa shape index (κ3) is 3.54. The van der Waals surface area contributed by atoms with Crippen molar-refractivity contribution in [3.63, 3.8) is 0 Å². The Balaban J connectivity index is 1.71. The summed E-state index contributed by atoms with van der Waals surface area (Å²) in [5.74, 6) is 0.258. The zero-order chi connectivity index (χ0) is 16.2. The molecule has 0 aliphatic carbocycles. The first-order valence-electron chi connectivity index (χ1n) is 7.47. The normalized spacial score (nSPS) is 14.2. The third-order valence-electron chi connectivity index (χ3n) is 3.84. The van der Waals surface area contributed by atoms with E-state index in [2.05, 4.69) is 63.3 Å². The molecule has 2 unspecified atom stereocenters. The van der Waals surface area contributed by atoms with Crippen LogP contribution in [0.2, 0.25) is 0 Å². The lowest BCUT2D eigenvalue weighted by molar-refractivity contribution is 0.219. The lowest BCUT2D eigenvalue weighted by atomic mass is 10.1. The predicted octanol–water partition coefficient (Wildman–Crippen LogP) is 2.67. The number of nitrogens with zero attached hydrogens (tertiary/aromatic N) is 4. The van der Waals surface area contributed by atoms with Crippen LogP contribution in [0.25, 0.3) is 6.08 Å². The molecule has 0 spiro atoms. The van der Waals surface area contributed by atoms with Crippen LogP contribution < -0.4 is 0 Å². The molecule has 2 N–H and O–H groups in total. The molecule has 0 saturated carbocycles. The van der Waals surface area contributed by atoms with Gasteiger partial charge in [-0.1, -0.05) is 41.1 Å². The zero-order valence-corrected chi connectivity index (χ0v) is 13.1. The lowest BCUT2D eigenvalue weighted by Gasteiger charge is -2.14. The van der Waals surface area contributed by atoms with Crippen LogP contribution in [0, 0.1) is 6.92 Å². The molecule has 3 rings (SSSR count). The Labute approximate surface area is 134 Å². The van der Waals surface area contributed by atoms with Gasteiger partial charge in [-0.2, -0.15) is 5.21 Å². The molecule has 0 fully saturated rings. The number of hydrogen-bond acceptors (Lipinski definition) is 4. The number of aromatic nitrogens is 5. The van der Waals surface area contributed by atoms with Crippen molar-refractivity contribution in [1.82, 2.24) is 25.2 Å². The summed E-state index contributed by atoms with van der Waals surface area (Å²) >= 11 is 0. The molecule has 6 heteroatoms. The number of hydrogen-bond donors (Lipinski definition) is 2. The number of benzene rings is 1. The third-order valence-corrected chi connectivity index (χ3v) is 3.84. The standard InChI is InChI=1S/C17H19N5O/c1-12-3-6-15(7-4-12)13(2)22-10-9-14(11-22)5-8-16(23)17-18-20-21-19-17/h3-11,13,16,23H,1-2H3,(H,18,19,20,21). The number of aryl methyl sites for hydroxylation is 1. The first kappa shape index (κ1) is 15.2. The Morgan fingerprint density at radius 2 is 2.00 bits per heavy atom. The highest BCUT2D eigenvalue weighted by Crippen LogP contribution is 2.20. The molecular weight excluding hydrogens is 290 g/mol. The van der Waals surface area contributed by atoms with Gasteiger partial charge in [0.15, 0.2) is 0 Å². The highest BCUT2D eigenvalue weighted by molar-refractivity contribution is 5.49. The molecule has 0 saturated heterocycles. The quantitative estimate of drug-likeness (QED) is 0.759. The molecule has 2 atom stereocenters. The van der Waals surface area contributed by atoms with Gasteiger partial charge in [0.05, 0.1) is 6.04 Å². The number of aromatic amines is 1. The molecule has 2 aromatic heterocycles. The predicted molar refractivity (Wildman–Crippen MR) is 87.6 cm³/mol. The lowest BCUT2D eigenvalue weighted by Crippen LogP contribution is -2.03. The van der Waals surface area contributed by atoms with Gasteiger partial charge in [0, 0.05) is 12.4 Å². The fourth-order valence-corrected chi connectivity index (χ4v) is 2.37. The average Bonchev–Trinajstić information content (AvgIpc) is 3.24. The molecule has 2 heterocycles. The molecular formula is C17H19N5O. The van der Waals surface area contributed by atoms with Crippen molar-refractivity contribution in [1.29, 1.82) is 0 Å². The zero-order valence-electron chi connectivity index (χ0n) is 13.1. The van der Waals surface area contributed by atoms with Crippen LogP contribution >= 0.6 is 0 Å². The van der Waals surface area contributed by atoms with E-state index >= 15 is 0 Å². The van der Waals surface area contributed by atoms with Crippen molar-refractivity contribution >= 4 is 6.08 Å². The Morgan fingerprint density at radius 1 is 1.22 bits per heavy atom. The van der Waals surface area contributed by atoms with Crippen LogP contribution in [0.4, 0.5) is 0 Å². The molecule has 0 bridgehead atoms. The van der Waals surface area contributed by atoms with Crippen LogP contribution in [0.15, 0.2) is 48.8 Å². The summed E-state index contributed by atoms with van der Waals surface area (Å²) in [5.41, 5.74) is 3.52. The van der Waals surface area contributed by atoms with Gasteiger partial charge in [-0.15, -0.1) is 10.2 Å². The van der Waals surface area contributed by atoms with Gasteiger partial charge in [0.2, 0.25) is 5.82 Å². The molecule has 1 aromatic carbocycles. The van der Waals surface area contributed by atoms with E-state index < -0.39 is 6.10 Å². The Morgan fingerprint density at radius 3 is 2.70 bits per heavy atom.